The number of benzene rings is 15. The lowest BCUT2D eigenvalue weighted by Crippen LogP contribution is -2.16. The minimum Gasteiger partial charge on any atom is -0.311 e. The summed E-state index contributed by atoms with van der Waals surface area (Å²) in [4.78, 5) is 14.2. The zero-order chi connectivity index (χ0) is 61.4. The van der Waals surface area contributed by atoms with Gasteiger partial charge in [0.2, 0.25) is 0 Å². The van der Waals surface area contributed by atoms with Crippen LogP contribution in [0.5, 0.6) is 0 Å². The van der Waals surface area contributed by atoms with E-state index in [1.807, 2.05) is 0 Å². The third-order valence-corrected chi connectivity index (χ3v) is 16.9. The minimum absolute atomic E-state index is 1.01. The topological polar surface area (TPSA) is 19.4 Å². The van der Waals surface area contributed by atoms with E-state index in [0.717, 1.165) is 124 Å². The Morgan fingerprint density at radius 3 is 0.348 bits per heavy atom. The molecule has 0 aliphatic rings. The van der Waals surface area contributed by atoms with Crippen LogP contribution in [-0.2, 0) is 0 Å². The van der Waals surface area contributed by atoms with Gasteiger partial charge in [0, 0.05) is 113 Å². The average Bonchev–Trinajstić information content (AvgIpc) is 0.740. The molecule has 0 spiro atoms. The predicted molar refractivity (Wildman–Crippen MR) is 390 cm³/mol. The number of para-hydroxylation sites is 8. The molecule has 6 nitrogen and oxygen atoms in total. The monoisotopic (exact) mass is 1180 g/mol. The van der Waals surface area contributed by atoms with E-state index in [4.69, 9.17) is 0 Å². The van der Waals surface area contributed by atoms with Crippen molar-refractivity contribution >= 4 is 124 Å². The van der Waals surface area contributed by atoms with Crippen LogP contribution in [0.15, 0.2) is 388 Å². The molecular weight excluding hydrogens is 1120 g/mol. The van der Waals surface area contributed by atoms with Gasteiger partial charge in [0.1, 0.15) is 0 Å². The molecule has 0 bridgehead atoms. The summed E-state index contributed by atoms with van der Waals surface area (Å²) >= 11 is 0. The van der Waals surface area contributed by atoms with Gasteiger partial charge < -0.3 is 29.4 Å². The Kier molecular flexibility index (Phi) is 15.7. The molecule has 15 aromatic carbocycles. The highest BCUT2D eigenvalue weighted by Gasteiger charge is 2.27. The van der Waals surface area contributed by atoms with E-state index in [-0.39, 0.29) is 0 Å². The summed E-state index contributed by atoms with van der Waals surface area (Å²) in [7, 11) is 0. The summed E-state index contributed by atoms with van der Waals surface area (Å²) in [6, 6.07) is 139. The zero-order valence-electron chi connectivity index (χ0n) is 50.6. The highest BCUT2D eigenvalue weighted by atomic mass is 15.2. The van der Waals surface area contributed by atoms with Crippen LogP contribution >= 0.6 is 0 Å². The standard InChI is InChI=1S/C86H64N6/c1-9-29-65(30-10-1)87(66-31-11-2-12-32-66)73-49-57-77(58-50-73)91(78-59-51-74(52-60-78)88(67-33-13-3-14-34-67)68-35-15-4-16-36-68)85-81-45-25-27-47-83(81)86(84-48-28-26-46-82(84)85)92(79-61-53-75(54-62-79)89(69-37-17-5-18-38-69)70-39-19-6-20-40-70)80-63-55-76(56-64-80)90(71-41-21-7-22-42-71)72-43-23-8-24-44-72/h1-64H. The van der Waals surface area contributed by atoms with Gasteiger partial charge in [0.05, 0.1) is 11.4 Å². The zero-order valence-corrected chi connectivity index (χ0v) is 50.6. The molecule has 0 saturated heterocycles. The van der Waals surface area contributed by atoms with Gasteiger partial charge in [0.25, 0.3) is 0 Å². The first kappa shape index (κ1) is 56.2. The molecule has 0 atom stereocenters. The van der Waals surface area contributed by atoms with Crippen molar-refractivity contribution in [2.45, 2.75) is 0 Å². The fourth-order valence-corrected chi connectivity index (χ4v) is 12.8. The van der Waals surface area contributed by atoms with Crippen molar-refractivity contribution in [2.75, 3.05) is 29.4 Å². The van der Waals surface area contributed by atoms with Crippen LogP contribution in [0.3, 0.4) is 0 Å². The van der Waals surface area contributed by atoms with Gasteiger partial charge in [-0.2, -0.15) is 0 Å². The minimum atomic E-state index is 1.01. The van der Waals surface area contributed by atoms with Gasteiger partial charge in [-0.15, -0.1) is 0 Å². The normalized spacial score (nSPS) is 11.0. The lowest BCUT2D eigenvalue weighted by molar-refractivity contribution is 1.25. The number of fused-ring (bicyclic) bond motifs is 2. The van der Waals surface area contributed by atoms with Crippen LogP contribution in [0.2, 0.25) is 0 Å². The van der Waals surface area contributed by atoms with E-state index in [0.29, 0.717) is 0 Å². The fraction of sp³-hybridized carbons (Fsp3) is 0. The molecule has 0 fully saturated rings. The maximum atomic E-state index is 2.46. The number of nitrogens with zero attached hydrogens (tertiary/aromatic N) is 6. The molecule has 0 unspecified atom stereocenters. The summed E-state index contributed by atoms with van der Waals surface area (Å²) in [5, 5.41) is 4.38. The summed E-state index contributed by atoms with van der Waals surface area (Å²) in [5.74, 6) is 0. The van der Waals surface area contributed by atoms with Gasteiger partial charge in [-0.3, -0.25) is 0 Å². The van der Waals surface area contributed by atoms with E-state index in [9.17, 15) is 0 Å². The molecule has 92 heavy (non-hydrogen) atoms. The maximum absolute atomic E-state index is 2.46. The summed E-state index contributed by atoms with van der Waals surface area (Å²) in [5.41, 5.74) is 19.0. The van der Waals surface area contributed by atoms with Crippen LogP contribution in [0.4, 0.5) is 102 Å². The molecule has 438 valence electrons. The van der Waals surface area contributed by atoms with Crippen molar-refractivity contribution in [3.63, 3.8) is 0 Å². The molecule has 0 N–H and O–H groups in total. The molecule has 0 amide bonds. The second kappa shape index (κ2) is 25.8. The van der Waals surface area contributed by atoms with E-state index in [1.54, 1.807) is 0 Å². The molecule has 15 aromatic rings. The largest absolute Gasteiger partial charge is 0.311 e. The van der Waals surface area contributed by atoms with Gasteiger partial charge in [0.15, 0.2) is 0 Å². The Morgan fingerprint density at radius 1 is 0.0978 bits per heavy atom. The highest BCUT2D eigenvalue weighted by Crippen LogP contribution is 2.53. The van der Waals surface area contributed by atoms with E-state index in [1.165, 1.54) is 0 Å². The molecule has 6 heteroatoms. The molecular formula is C86H64N6. The summed E-state index contributed by atoms with van der Waals surface area (Å²) in [6.07, 6.45) is 0. The molecule has 0 aliphatic heterocycles. The first-order valence-corrected chi connectivity index (χ1v) is 31.3. The number of rotatable bonds is 18. The van der Waals surface area contributed by atoms with Crippen LogP contribution in [0.25, 0.3) is 21.5 Å². The SMILES string of the molecule is c1ccc(N(c2ccccc2)c2ccc(N(c3ccc(N(c4ccccc4)c4ccccc4)cc3)c3c4ccccc4c(N(c4ccc(N(c5ccccc5)c5ccccc5)cc4)c4ccc(N(c5ccccc5)c5ccccc5)cc4)c4ccccc34)cc2)cc1. The van der Waals surface area contributed by atoms with Gasteiger partial charge in [-0.1, -0.05) is 194 Å². The van der Waals surface area contributed by atoms with Gasteiger partial charge >= 0.3 is 0 Å². The first-order chi connectivity index (χ1) is 45.7. The Hall–Kier alpha value is -12.4. The van der Waals surface area contributed by atoms with Crippen molar-refractivity contribution in [1.82, 2.24) is 0 Å². The van der Waals surface area contributed by atoms with Crippen molar-refractivity contribution < 1.29 is 0 Å². The Labute approximate surface area is 538 Å². The lowest BCUT2D eigenvalue weighted by atomic mass is 9.95. The van der Waals surface area contributed by atoms with Crippen molar-refractivity contribution in [2.24, 2.45) is 0 Å². The van der Waals surface area contributed by atoms with E-state index in [2.05, 4.69) is 418 Å². The van der Waals surface area contributed by atoms with Crippen LogP contribution in [0, 0.1) is 0 Å². The Balaban J connectivity index is 0.935. The fourth-order valence-electron chi connectivity index (χ4n) is 12.8. The smallest absolute Gasteiger partial charge is 0.0619 e. The van der Waals surface area contributed by atoms with Crippen molar-refractivity contribution in [1.29, 1.82) is 0 Å². The molecule has 0 saturated carbocycles. The summed E-state index contributed by atoms with van der Waals surface area (Å²) in [6.45, 7) is 0. The van der Waals surface area contributed by atoms with Crippen molar-refractivity contribution in [3.05, 3.63) is 388 Å². The van der Waals surface area contributed by atoms with E-state index < -0.39 is 0 Å². The lowest BCUT2D eigenvalue weighted by Gasteiger charge is -2.34. The van der Waals surface area contributed by atoms with Crippen molar-refractivity contribution in [3.8, 4) is 0 Å². The number of anilines is 18. The Bertz CT molecular complexity index is 4090. The van der Waals surface area contributed by atoms with Gasteiger partial charge in [-0.05, 0) is 194 Å². The van der Waals surface area contributed by atoms with E-state index >= 15 is 0 Å². The molecule has 0 heterocycles. The predicted octanol–water partition coefficient (Wildman–Crippen LogP) is 24.8. The first-order valence-electron chi connectivity index (χ1n) is 31.3. The molecule has 15 rings (SSSR count). The van der Waals surface area contributed by atoms with Crippen LogP contribution in [0.1, 0.15) is 0 Å². The second-order valence-corrected chi connectivity index (χ2v) is 22.6. The quantitative estimate of drug-likeness (QED) is 0.0625. The average molecular weight is 1180 g/mol. The highest BCUT2D eigenvalue weighted by molar-refractivity contribution is 6.23. The summed E-state index contributed by atoms with van der Waals surface area (Å²) < 4.78 is 0. The Morgan fingerprint density at radius 2 is 0.207 bits per heavy atom. The number of hydrogen-bond acceptors (Lipinski definition) is 6. The van der Waals surface area contributed by atoms with Crippen LogP contribution < -0.4 is 29.4 Å². The molecule has 0 aromatic heterocycles. The second-order valence-electron chi connectivity index (χ2n) is 22.6. The molecule has 0 radical (unpaired) electrons. The molecule has 0 aliphatic carbocycles. The van der Waals surface area contributed by atoms with Gasteiger partial charge in [-0.25, -0.2) is 0 Å². The third-order valence-electron chi connectivity index (χ3n) is 16.9. The maximum Gasteiger partial charge on any atom is 0.0619 e. The number of hydrogen-bond donors (Lipinski definition) is 0. The van der Waals surface area contributed by atoms with Crippen LogP contribution in [-0.4, -0.2) is 0 Å². The third kappa shape index (κ3) is 11.2.